The summed E-state index contributed by atoms with van der Waals surface area (Å²) < 4.78 is 21.4. The van der Waals surface area contributed by atoms with E-state index in [1.54, 1.807) is 31.2 Å². The molecule has 9 nitrogen and oxygen atoms in total. The fourth-order valence-electron chi connectivity index (χ4n) is 2.51. The highest BCUT2D eigenvalue weighted by Gasteiger charge is 2.14. The summed E-state index contributed by atoms with van der Waals surface area (Å²) in [5, 5.41) is 12.9. The van der Waals surface area contributed by atoms with E-state index in [2.05, 4.69) is 17.1 Å². The first-order valence-electron chi connectivity index (χ1n) is 9.45. The number of hydrogen-bond donors (Lipinski definition) is 2. The average molecular weight is 463 g/mol. The van der Waals surface area contributed by atoms with E-state index in [9.17, 15) is 9.59 Å². The molecule has 0 aromatic heterocycles. The highest BCUT2D eigenvalue weighted by atomic mass is 35.5. The molecule has 0 saturated heterocycles. The molecule has 0 saturated carbocycles. The van der Waals surface area contributed by atoms with Crippen molar-refractivity contribution in [2.45, 2.75) is 6.92 Å². The molecule has 170 valence electrons. The topological polar surface area (TPSA) is 116 Å². The van der Waals surface area contributed by atoms with E-state index in [4.69, 9.17) is 35.7 Å². The molecule has 2 aromatic carbocycles. The quantitative estimate of drug-likeness (QED) is 0.281. The molecule has 0 heterocycles. The van der Waals surface area contributed by atoms with Gasteiger partial charge in [-0.05, 0) is 42.8 Å². The minimum absolute atomic E-state index is 0.114. The lowest BCUT2D eigenvalue weighted by atomic mass is 10.2. The maximum Gasteiger partial charge on any atom is 0.341 e. The van der Waals surface area contributed by atoms with Crippen LogP contribution in [0.2, 0.25) is 5.02 Å². The zero-order valence-corrected chi connectivity index (χ0v) is 18.3. The summed E-state index contributed by atoms with van der Waals surface area (Å²) in [5.41, 5.74) is 3.23. The lowest BCUT2D eigenvalue weighted by Gasteiger charge is -2.13. The second-order valence-electron chi connectivity index (χ2n) is 6.11. The summed E-state index contributed by atoms with van der Waals surface area (Å²) in [5.74, 6) is -0.359. The molecular formula is C22H23ClN2O7. The van der Waals surface area contributed by atoms with Crippen molar-refractivity contribution in [3.8, 4) is 23.0 Å². The van der Waals surface area contributed by atoms with E-state index < -0.39 is 18.5 Å². The number of benzene rings is 2. The van der Waals surface area contributed by atoms with Gasteiger partial charge < -0.3 is 24.1 Å². The van der Waals surface area contributed by atoms with Gasteiger partial charge in [0.1, 0.15) is 6.61 Å². The van der Waals surface area contributed by atoms with Crippen LogP contribution in [0.4, 0.5) is 0 Å². The Hall–Kier alpha value is -3.72. The molecule has 0 aliphatic heterocycles. The van der Waals surface area contributed by atoms with Crippen LogP contribution >= 0.6 is 11.6 Å². The Balaban J connectivity index is 2.13. The number of carbonyl (C=O) groups is 2. The standard InChI is InChI=1S/C22H23ClN2O7/c1-4-8-31-17-7-6-15(11-18(17)29-3)22(28)25-24-12-14-9-16(23)21(32-13-20(26)27)19(10-14)30-5-2/h4,6-7,9-12H,1,5,8,13H2,2-3H3,(H,25,28)(H,26,27)/b24-12+. The molecule has 0 fully saturated rings. The fraction of sp³-hybridized carbons (Fsp3) is 0.227. The summed E-state index contributed by atoms with van der Waals surface area (Å²) in [6.45, 7) is 5.40. The Morgan fingerprint density at radius 1 is 1.16 bits per heavy atom. The molecule has 0 aliphatic carbocycles. The van der Waals surface area contributed by atoms with E-state index in [1.165, 1.54) is 25.5 Å². The third-order valence-corrected chi connectivity index (χ3v) is 4.11. The minimum atomic E-state index is -1.14. The molecule has 0 bridgehead atoms. The predicted molar refractivity (Wildman–Crippen MR) is 119 cm³/mol. The van der Waals surface area contributed by atoms with Crippen LogP contribution in [0, 0.1) is 0 Å². The van der Waals surface area contributed by atoms with Crippen molar-refractivity contribution in [2.24, 2.45) is 5.10 Å². The van der Waals surface area contributed by atoms with Crippen LogP contribution in [0.3, 0.4) is 0 Å². The lowest BCUT2D eigenvalue weighted by Crippen LogP contribution is -2.17. The summed E-state index contributed by atoms with van der Waals surface area (Å²) in [7, 11) is 1.47. The number of ether oxygens (including phenoxy) is 4. The predicted octanol–water partition coefficient (Wildman–Crippen LogP) is 3.54. The molecule has 0 atom stereocenters. The molecule has 10 heteroatoms. The SMILES string of the molecule is C=CCOc1ccc(C(=O)N/N=C/c2cc(Cl)c(OCC(=O)O)c(OCC)c2)cc1OC. The van der Waals surface area contributed by atoms with Crippen LogP contribution in [0.15, 0.2) is 48.1 Å². The molecule has 2 aromatic rings. The number of carboxylic acids is 1. The number of aliphatic carboxylic acids is 1. The fourth-order valence-corrected chi connectivity index (χ4v) is 2.78. The smallest absolute Gasteiger partial charge is 0.341 e. The first kappa shape index (κ1) is 24.5. The second-order valence-corrected chi connectivity index (χ2v) is 6.52. The molecule has 1 amide bonds. The van der Waals surface area contributed by atoms with Crippen LogP contribution in [-0.2, 0) is 4.79 Å². The van der Waals surface area contributed by atoms with Crippen molar-refractivity contribution in [2.75, 3.05) is 26.9 Å². The second kappa shape index (κ2) is 12.2. The van der Waals surface area contributed by atoms with E-state index in [-0.39, 0.29) is 16.5 Å². The molecule has 0 aliphatic rings. The maximum absolute atomic E-state index is 12.4. The van der Waals surface area contributed by atoms with Crippen molar-refractivity contribution in [3.63, 3.8) is 0 Å². The molecule has 0 radical (unpaired) electrons. The zero-order chi connectivity index (χ0) is 23.5. The lowest BCUT2D eigenvalue weighted by molar-refractivity contribution is -0.139. The van der Waals surface area contributed by atoms with Gasteiger partial charge >= 0.3 is 5.97 Å². The number of carbonyl (C=O) groups excluding carboxylic acids is 1. The average Bonchev–Trinajstić information content (AvgIpc) is 2.77. The molecule has 2 rings (SSSR count). The van der Waals surface area contributed by atoms with Gasteiger partial charge in [-0.15, -0.1) is 0 Å². The first-order valence-corrected chi connectivity index (χ1v) is 9.83. The number of halogens is 1. The monoisotopic (exact) mass is 462 g/mol. The normalized spacial score (nSPS) is 10.5. The van der Waals surface area contributed by atoms with Crippen LogP contribution in [-0.4, -0.2) is 50.1 Å². The van der Waals surface area contributed by atoms with Gasteiger partial charge in [0.2, 0.25) is 0 Å². The van der Waals surface area contributed by atoms with Gasteiger partial charge in [0.05, 0.1) is 25.0 Å². The maximum atomic E-state index is 12.4. The minimum Gasteiger partial charge on any atom is -0.493 e. The van der Waals surface area contributed by atoms with Crippen molar-refractivity contribution < 1.29 is 33.6 Å². The Morgan fingerprint density at radius 2 is 1.94 bits per heavy atom. The summed E-state index contributed by atoms with van der Waals surface area (Å²) in [6.07, 6.45) is 2.97. The Morgan fingerprint density at radius 3 is 2.59 bits per heavy atom. The Bertz CT molecular complexity index is 1010. The molecule has 0 unspecified atom stereocenters. The van der Waals surface area contributed by atoms with Gasteiger partial charge in [-0.3, -0.25) is 4.79 Å². The third kappa shape index (κ3) is 6.92. The summed E-state index contributed by atoms with van der Waals surface area (Å²) >= 11 is 6.20. The molecule has 0 spiro atoms. The number of hydrogen-bond acceptors (Lipinski definition) is 7. The number of nitrogens with one attached hydrogen (secondary N) is 1. The summed E-state index contributed by atoms with van der Waals surface area (Å²) in [6, 6.07) is 7.79. The van der Waals surface area contributed by atoms with Crippen LogP contribution < -0.4 is 24.4 Å². The van der Waals surface area contributed by atoms with Crippen LogP contribution in [0.5, 0.6) is 23.0 Å². The van der Waals surface area contributed by atoms with Crippen molar-refractivity contribution >= 4 is 29.7 Å². The van der Waals surface area contributed by atoms with Gasteiger partial charge in [0.15, 0.2) is 29.6 Å². The number of hydrazone groups is 1. The number of rotatable bonds is 12. The van der Waals surface area contributed by atoms with Gasteiger partial charge in [-0.1, -0.05) is 24.3 Å². The largest absolute Gasteiger partial charge is 0.493 e. The molecule has 32 heavy (non-hydrogen) atoms. The number of nitrogens with zero attached hydrogens (tertiary/aromatic N) is 1. The highest BCUT2D eigenvalue weighted by Crippen LogP contribution is 2.36. The van der Waals surface area contributed by atoms with Crippen molar-refractivity contribution in [1.82, 2.24) is 5.43 Å². The molecule has 2 N–H and O–H groups in total. The van der Waals surface area contributed by atoms with E-state index in [1.807, 2.05) is 0 Å². The van der Waals surface area contributed by atoms with Crippen LogP contribution in [0.25, 0.3) is 0 Å². The Labute approximate surface area is 190 Å². The van der Waals surface area contributed by atoms with Gasteiger partial charge in [0, 0.05) is 5.56 Å². The zero-order valence-electron chi connectivity index (χ0n) is 17.6. The van der Waals surface area contributed by atoms with Crippen molar-refractivity contribution in [1.29, 1.82) is 0 Å². The number of carboxylic acid groups (broad SMARTS) is 1. The van der Waals surface area contributed by atoms with E-state index in [0.717, 1.165) is 0 Å². The van der Waals surface area contributed by atoms with E-state index in [0.29, 0.717) is 35.8 Å². The number of amides is 1. The van der Waals surface area contributed by atoms with Gasteiger partial charge in [0.25, 0.3) is 5.91 Å². The third-order valence-electron chi connectivity index (χ3n) is 3.83. The van der Waals surface area contributed by atoms with Gasteiger partial charge in [-0.2, -0.15) is 5.10 Å². The summed E-state index contributed by atoms with van der Waals surface area (Å²) in [4.78, 5) is 23.2. The van der Waals surface area contributed by atoms with Crippen molar-refractivity contribution in [3.05, 3.63) is 59.1 Å². The molecular weight excluding hydrogens is 440 g/mol. The first-order chi connectivity index (χ1) is 15.4. The van der Waals surface area contributed by atoms with Crippen LogP contribution in [0.1, 0.15) is 22.8 Å². The Kier molecular flexibility index (Phi) is 9.37. The van der Waals surface area contributed by atoms with Gasteiger partial charge in [-0.25, -0.2) is 10.2 Å². The van der Waals surface area contributed by atoms with E-state index >= 15 is 0 Å². The highest BCUT2D eigenvalue weighted by molar-refractivity contribution is 6.32. The number of methoxy groups -OCH3 is 1.